The molecule has 0 N–H and O–H groups in total. The Bertz CT molecular complexity index is 2490. The molecule has 2 aromatic heterocycles. The van der Waals surface area contributed by atoms with E-state index >= 15 is 0 Å². The monoisotopic (exact) mass is 603 g/mol. The lowest BCUT2D eigenvalue weighted by Crippen LogP contribution is -2.05. The van der Waals surface area contributed by atoms with Crippen LogP contribution in [0.4, 0.5) is 0 Å². The van der Waals surface area contributed by atoms with Gasteiger partial charge < -0.3 is 4.42 Å². The predicted octanol–water partition coefficient (Wildman–Crippen LogP) is 11.1. The van der Waals surface area contributed by atoms with E-state index in [-0.39, 0.29) is 0 Å². The van der Waals surface area contributed by atoms with Gasteiger partial charge in [-0.3, -0.25) is 0 Å². The van der Waals surface area contributed by atoms with Gasteiger partial charge in [-0.25, -0.2) is 15.0 Å². The van der Waals surface area contributed by atoms with Crippen molar-refractivity contribution in [2.75, 3.05) is 0 Å². The van der Waals surface area contributed by atoms with E-state index in [9.17, 15) is 0 Å². The first-order valence-corrected chi connectivity index (χ1v) is 16.0. The van der Waals surface area contributed by atoms with Crippen LogP contribution in [0, 0.1) is 0 Å². The third kappa shape index (κ3) is 4.91. The summed E-state index contributed by atoms with van der Waals surface area (Å²) < 4.78 is 6.63. The number of furan rings is 1. The fraction of sp³-hybridized carbons (Fsp3) is 0.0465. The normalized spacial score (nSPS) is 14.6. The Morgan fingerprint density at radius 1 is 0.553 bits per heavy atom. The molecule has 1 aliphatic carbocycles. The molecule has 0 amide bonds. The summed E-state index contributed by atoms with van der Waals surface area (Å²) in [7, 11) is 0. The standard InChI is InChI=1S/C43H29N3O/c1-3-11-28(12-4-1)30-19-22-32(23-20-30)42-44-41(31-14-5-2-6-15-31)45-43(46-42)37-26-25-35(34-24-21-29-13-7-8-16-33(29)27-34)40-39(37)36-17-9-10-18-38(36)47-40/h1-19,21-27,30H,20H2. The molecule has 1 unspecified atom stereocenters. The van der Waals surface area contributed by atoms with Crippen LogP contribution in [0.1, 0.15) is 23.7 Å². The quantitative estimate of drug-likeness (QED) is 0.196. The molecule has 0 spiro atoms. The number of rotatable bonds is 5. The Balaban J connectivity index is 1.23. The van der Waals surface area contributed by atoms with Crippen LogP contribution >= 0.6 is 0 Å². The Labute approximate surface area is 272 Å². The second kappa shape index (κ2) is 11.3. The average Bonchev–Trinajstić information content (AvgIpc) is 3.55. The third-order valence-corrected chi connectivity index (χ3v) is 9.08. The zero-order chi connectivity index (χ0) is 31.2. The molecule has 1 atom stereocenters. The third-order valence-electron chi connectivity index (χ3n) is 9.08. The van der Waals surface area contributed by atoms with E-state index < -0.39 is 0 Å². The molecule has 0 bridgehead atoms. The van der Waals surface area contributed by atoms with Crippen LogP contribution in [0.3, 0.4) is 0 Å². The molecule has 1 aliphatic rings. The van der Waals surface area contributed by atoms with E-state index in [1.165, 1.54) is 16.3 Å². The van der Waals surface area contributed by atoms with Crippen molar-refractivity contribution in [2.45, 2.75) is 12.3 Å². The molecule has 0 fully saturated rings. The summed E-state index contributed by atoms with van der Waals surface area (Å²) in [6.07, 6.45) is 7.54. The van der Waals surface area contributed by atoms with E-state index in [1.54, 1.807) is 0 Å². The molecule has 0 aliphatic heterocycles. The minimum atomic E-state index is 0.328. The van der Waals surface area contributed by atoms with E-state index in [2.05, 4.69) is 115 Å². The minimum Gasteiger partial charge on any atom is -0.455 e. The molecule has 222 valence electrons. The van der Waals surface area contributed by atoms with Gasteiger partial charge in [0.25, 0.3) is 0 Å². The zero-order valence-electron chi connectivity index (χ0n) is 25.5. The number of benzene rings is 6. The molecule has 9 rings (SSSR count). The van der Waals surface area contributed by atoms with Crippen LogP contribution in [0.5, 0.6) is 0 Å². The van der Waals surface area contributed by atoms with Crippen LogP contribution in [-0.2, 0) is 0 Å². The lowest BCUT2D eigenvalue weighted by atomic mass is 9.90. The van der Waals surface area contributed by atoms with Crippen LogP contribution < -0.4 is 0 Å². The molecule has 0 radical (unpaired) electrons. The molecule has 47 heavy (non-hydrogen) atoms. The van der Waals surface area contributed by atoms with Crippen molar-refractivity contribution >= 4 is 38.3 Å². The predicted molar refractivity (Wildman–Crippen MR) is 192 cm³/mol. The molecular formula is C43H29N3O. The summed E-state index contributed by atoms with van der Waals surface area (Å²) in [5, 5.41) is 4.43. The van der Waals surface area contributed by atoms with Crippen molar-refractivity contribution in [2.24, 2.45) is 0 Å². The molecule has 8 aromatic rings. The van der Waals surface area contributed by atoms with Crippen molar-refractivity contribution < 1.29 is 4.42 Å². The minimum absolute atomic E-state index is 0.328. The lowest BCUT2D eigenvalue weighted by molar-refractivity contribution is 0.670. The summed E-state index contributed by atoms with van der Waals surface area (Å²) in [6, 6.07) is 48.3. The molecule has 2 heterocycles. The number of nitrogens with zero attached hydrogens (tertiary/aromatic N) is 3. The molecular weight excluding hydrogens is 574 g/mol. The summed E-state index contributed by atoms with van der Waals surface area (Å²) in [5.74, 6) is 2.25. The topological polar surface area (TPSA) is 51.8 Å². The first-order valence-electron chi connectivity index (χ1n) is 16.0. The number of para-hydroxylation sites is 1. The molecule has 0 saturated heterocycles. The summed E-state index contributed by atoms with van der Waals surface area (Å²) in [4.78, 5) is 15.3. The van der Waals surface area contributed by atoms with E-state index in [0.717, 1.165) is 56.2 Å². The number of hydrogen-bond acceptors (Lipinski definition) is 4. The summed E-state index contributed by atoms with van der Waals surface area (Å²) in [5.41, 5.74) is 7.96. The van der Waals surface area contributed by atoms with Crippen LogP contribution in [0.15, 0.2) is 162 Å². The number of aromatic nitrogens is 3. The maximum absolute atomic E-state index is 6.63. The maximum Gasteiger partial charge on any atom is 0.164 e. The van der Waals surface area contributed by atoms with Crippen molar-refractivity contribution in [1.29, 1.82) is 0 Å². The highest BCUT2D eigenvalue weighted by Gasteiger charge is 2.21. The number of fused-ring (bicyclic) bond motifs is 4. The Hall–Kier alpha value is -6.13. The number of hydrogen-bond donors (Lipinski definition) is 0. The maximum atomic E-state index is 6.63. The largest absolute Gasteiger partial charge is 0.455 e. The smallest absolute Gasteiger partial charge is 0.164 e. The average molecular weight is 604 g/mol. The van der Waals surface area contributed by atoms with E-state index in [1.807, 2.05) is 42.5 Å². The van der Waals surface area contributed by atoms with Gasteiger partial charge in [0, 0.05) is 39.0 Å². The highest BCUT2D eigenvalue weighted by molar-refractivity contribution is 6.16. The fourth-order valence-electron chi connectivity index (χ4n) is 6.67. The van der Waals surface area contributed by atoms with Crippen molar-refractivity contribution in [3.05, 3.63) is 169 Å². The van der Waals surface area contributed by atoms with Gasteiger partial charge in [-0.05, 0) is 52.6 Å². The summed E-state index contributed by atoms with van der Waals surface area (Å²) in [6.45, 7) is 0. The van der Waals surface area contributed by atoms with Gasteiger partial charge in [0.05, 0.1) is 0 Å². The van der Waals surface area contributed by atoms with Gasteiger partial charge in [0.15, 0.2) is 17.5 Å². The van der Waals surface area contributed by atoms with Gasteiger partial charge >= 0.3 is 0 Å². The molecule has 0 saturated carbocycles. The van der Waals surface area contributed by atoms with Gasteiger partial charge in [-0.1, -0.05) is 133 Å². The Morgan fingerprint density at radius 2 is 1.26 bits per heavy atom. The second-order valence-electron chi connectivity index (χ2n) is 12.0. The van der Waals surface area contributed by atoms with E-state index in [4.69, 9.17) is 19.4 Å². The summed E-state index contributed by atoms with van der Waals surface area (Å²) >= 11 is 0. The molecule has 4 nitrogen and oxygen atoms in total. The molecule has 6 aromatic carbocycles. The molecule has 4 heteroatoms. The van der Waals surface area contributed by atoms with Crippen LogP contribution in [0.2, 0.25) is 0 Å². The van der Waals surface area contributed by atoms with Gasteiger partial charge in [0.1, 0.15) is 11.2 Å². The SMILES string of the molecule is C1=CC(c2ccccc2)CC=C1c1nc(-c2ccccc2)nc(-c2ccc(-c3ccc4ccccc4c3)c3oc4ccccc4c23)n1. The van der Waals surface area contributed by atoms with Gasteiger partial charge in [0.2, 0.25) is 0 Å². The first-order chi connectivity index (χ1) is 23.3. The van der Waals surface area contributed by atoms with Crippen LogP contribution in [-0.4, -0.2) is 15.0 Å². The van der Waals surface area contributed by atoms with Crippen molar-refractivity contribution in [3.63, 3.8) is 0 Å². The first kappa shape index (κ1) is 27.2. The van der Waals surface area contributed by atoms with Gasteiger partial charge in [-0.2, -0.15) is 0 Å². The highest BCUT2D eigenvalue weighted by Crippen LogP contribution is 2.42. The Kier molecular flexibility index (Phi) is 6.57. The van der Waals surface area contributed by atoms with E-state index in [0.29, 0.717) is 23.4 Å². The zero-order valence-corrected chi connectivity index (χ0v) is 25.5. The van der Waals surface area contributed by atoms with Crippen LogP contribution in [0.25, 0.3) is 72.2 Å². The van der Waals surface area contributed by atoms with Crippen molar-refractivity contribution in [3.8, 4) is 33.9 Å². The highest BCUT2D eigenvalue weighted by atomic mass is 16.3. The Morgan fingerprint density at radius 3 is 2.09 bits per heavy atom. The van der Waals surface area contributed by atoms with Crippen molar-refractivity contribution in [1.82, 2.24) is 15.0 Å². The number of allylic oxidation sites excluding steroid dienone is 4. The second-order valence-corrected chi connectivity index (χ2v) is 12.0. The van der Waals surface area contributed by atoms with Gasteiger partial charge in [-0.15, -0.1) is 0 Å². The lowest BCUT2D eigenvalue weighted by Gasteiger charge is -2.17. The fourth-order valence-corrected chi connectivity index (χ4v) is 6.67.